The zero-order chi connectivity index (χ0) is 18.2. The highest BCUT2D eigenvalue weighted by Crippen LogP contribution is 2.19. The molecule has 6 heteroatoms. The van der Waals surface area contributed by atoms with Crippen molar-refractivity contribution in [3.8, 4) is 5.75 Å². The summed E-state index contributed by atoms with van der Waals surface area (Å²) in [5.74, 6) is -0.130. The fourth-order valence-electron chi connectivity index (χ4n) is 2.27. The Morgan fingerprint density at radius 2 is 1.92 bits per heavy atom. The van der Waals surface area contributed by atoms with Crippen LogP contribution in [0.4, 0.5) is 5.69 Å². The number of carbonyl (C=O) groups excluding carboxylic acids is 2. The lowest BCUT2D eigenvalue weighted by Gasteiger charge is -2.14. The van der Waals surface area contributed by atoms with Gasteiger partial charge in [-0.2, -0.15) is 0 Å². The summed E-state index contributed by atoms with van der Waals surface area (Å²) in [4.78, 5) is 24.1. The number of rotatable bonds is 7. The second-order valence-corrected chi connectivity index (χ2v) is 5.88. The van der Waals surface area contributed by atoms with Crippen LogP contribution in [-0.4, -0.2) is 25.1 Å². The first-order valence-electron chi connectivity index (χ1n) is 7.87. The third kappa shape index (κ3) is 5.80. The first-order chi connectivity index (χ1) is 12.0. The van der Waals surface area contributed by atoms with Crippen molar-refractivity contribution in [3.63, 3.8) is 0 Å². The van der Waals surface area contributed by atoms with E-state index >= 15 is 0 Å². The van der Waals surface area contributed by atoms with Crippen LogP contribution in [0.5, 0.6) is 5.75 Å². The largest absolute Gasteiger partial charge is 0.496 e. The van der Waals surface area contributed by atoms with Crippen LogP contribution in [0.2, 0.25) is 5.02 Å². The van der Waals surface area contributed by atoms with E-state index in [9.17, 15) is 9.59 Å². The summed E-state index contributed by atoms with van der Waals surface area (Å²) >= 11 is 5.87. The second kappa shape index (κ2) is 9.08. The van der Waals surface area contributed by atoms with Gasteiger partial charge in [-0.15, -0.1) is 0 Å². The van der Waals surface area contributed by atoms with Crippen molar-refractivity contribution in [1.29, 1.82) is 0 Å². The maximum absolute atomic E-state index is 12.1. The smallest absolute Gasteiger partial charge is 0.306 e. The molecule has 0 aromatic heterocycles. The van der Waals surface area contributed by atoms with Gasteiger partial charge in [-0.1, -0.05) is 35.9 Å². The van der Waals surface area contributed by atoms with Crippen molar-refractivity contribution in [1.82, 2.24) is 0 Å². The van der Waals surface area contributed by atoms with Gasteiger partial charge in [-0.3, -0.25) is 9.59 Å². The molecule has 0 bridgehead atoms. The van der Waals surface area contributed by atoms with Crippen LogP contribution in [0.15, 0.2) is 48.5 Å². The number of esters is 1. The number of para-hydroxylation sites is 1. The van der Waals surface area contributed by atoms with Crippen LogP contribution in [0, 0.1) is 0 Å². The average Bonchev–Trinajstić information content (AvgIpc) is 2.60. The molecule has 0 heterocycles. The first kappa shape index (κ1) is 18.8. The van der Waals surface area contributed by atoms with Gasteiger partial charge in [0.15, 0.2) is 6.10 Å². The summed E-state index contributed by atoms with van der Waals surface area (Å²) in [6.07, 6.45) is -0.259. The monoisotopic (exact) mass is 361 g/mol. The number of benzene rings is 2. The van der Waals surface area contributed by atoms with E-state index in [0.29, 0.717) is 17.1 Å². The molecule has 5 nitrogen and oxygen atoms in total. The predicted octanol–water partition coefficient (Wildman–Crippen LogP) is 3.85. The van der Waals surface area contributed by atoms with Crippen molar-refractivity contribution in [2.24, 2.45) is 0 Å². The number of amides is 1. The number of methoxy groups -OCH3 is 1. The summed E-state index contributed by atoms with van der Waals surface area (Å²) in [5.41, 5.74) is 1.47. The van der Waals surface area contributed by atoms with Gasteiger partial charge in [0.2, 0.25) is 0 Å². The van der Waals surface area contributed by atoms with E-state index in [1.165, 1.54) is 6.92 Å². The molecule has 25 heavy (non-hydrogen) atoms. The Bertz CT molecular complexity index is 748. The van der Waals surface area contributed by atoms with Crippen LogP contribution in [0.25, 0.3) is 0 Å². The number of carbonyl (C=O) groups is 2. The molecular weight excluding hydrogens is 342 g/mol. The second-order valence-electron chi connectivity index (χ2n) is 5.44. The summed E-state index contributed by atoms with van der Waals surface area (Å²) in [6.45, 7) is 1.53. The molecule has 0 unspecified atom stereocenters. The van der Waals surface area contributed by atoms with E-state index in [-0.39, 0.29) is 6.42 Å². The zero-order valence-corrected chi connectivity index (χ0v) is 14.9. The van der Waals surface area contributed by atoms with E-state index in [4.69, 9.17) is 21.1 Å². The summed E-state index contributed by atoms with van der Waals surface area (Å²) in [6, 6.07) is 14.2. The van der Waals surface area contributed by atoms with Crippen LogP contribution in [0.1, 0.15) is 18.9 Å². The van der Waals surface area contributed by atoms with E-state index < -0.39 is 18.0 Å². The number of aryl methyl sites for hydroxylation is 1. The molecule has 2 aromatic rings. The van der Waals surface area contributed by atoms with Gasteiger partial charge >= 0.3 is 5.97 Å². The molecule has 1 atom stereocenters. The molecule has 1 N–H and O–H groups in total. The van der Waals surface area contributed by atoms with Crippen LogP contribution in [0.3, 0.4) is 0 Å². The number of halogens is 1. The topological polar surface area (TPSA) is 64.6 Å². The molecule has 2 aromatic carbocycles. The van der Waals surface area contributed by atoms with E-state index in [1.807, 2.05) is 24.3 Å². The van der Waals surface area contributed by atoms with Crippen molar-refractivity contribution in [2.45, 2.75) is 25.9 Å². The number of nitrogens with one attached hydrogen (secondary N) is 1. The Kier molecular flexibility index (Phi) is 6.83. The lowest BCUT2D eigenvalue weighted by Crippen LogP contribution is -2.30. The van der Waals surface area contributed by atoms with Crippen molar-refractivity contribution < 1.29 is 19.1 Å². The molecule has 2 rings (SSSR count). The van der Waals surface area contributed by atoms with Gasteiger partial charge in [0.05, 0.1) is 7.11 Å². The van der Waals surface area contributed by atoms with Crippen LogP contribution < -0.4 is 10.1 Å². The number of anilines is 1. The Hall–Kier alpha value is -2.53. The third-order valence-electron chi connectivity index (χ3n) is 3.56. The molecule has 0 radical (unpaired) electrons. The lowest BCUT2D eigenvalue weighted by molar-refractivity contribution is -0.153. The quantitative estimate of drug-likeness (QED) is 0.761. The molecule has 132 valence electrons. The molecule has 0 aliphatic heterocycles. The molecule has 0 fully saturated rings. The van der Waals surface area contributed by atoms with E-state index in [1.54, 1.807) is 31.4 Å². The van der Waals surface area contributed by atoms with Crippen LogP contribution in [-0.2, 0) is 20.7 Å². The predicted molar refractivity (Wildman–Crippen MR) is 97.0 cm³/mol. The van der Waals surface area contributed by atoms with Crippen molar-refractivity contribution in [2.75, 3.05) is 12.4 Å². The molecular formula is C19H20ClNO4. The van der Waals surface area contributed by atoms with Crippen LogP contribution >= 0.6 is 11.6 Å². The van der Waals surface area contributed by atoms with E-state index in [0.717, 1.165) is 11.3 Å². The summed E-state index contributed by atoms with van der Waals surface area (Å²) in [7, 11) is 1.58. The maximum Gasteiger partial charge on any atom is 0.306 e. The molecule has 1 amide bonds. The Morgan fingerprint density at radius 1 is 1.16 bits per heavy atom. The molecule has 0 spiro atoms. The zero-order valence-electron chi connectivity index (χ0n) is 14.1. The highest BCUT2D eigenvalue weighted by atomic mass is 35.5. The SMILES string of the molecule is COc1ccccc1CCC(=O)O[C@@H](C)C(=O)Nc1cccc(Cl)c1. The highest BCUT2D eigenvalue weighted by molar-refractivity contribution is 6.30. The lowest BCUT2D eigenvalue weighted by atomic mass is 10.1. The molecule has 0 aliphatic carbocycles. The van der Waals surface area contributed by atoms with Gasteiger partial charge in [0, 0.05) is 17.1 Å². The molecule has 0 aliphatic rings. The number of hydrogen-bond acceptors (Lipinski definition) is 4. The minimum Gasteiger partial charge on any atom is -0.496 e. The summed E-state index contributed by atoms with van der Waals surface area (Å²) in [5, 5.41) is 3.17. The standard InChI is InChI=1S/C19H20ClNO4/c1-13(19(23)21-16-8-5-7-15(20)12-16)25-18(22)11-10-14-6-3-4-9-17(14)24-2/h3-9,12-13H,10-11H2,1-2H3,(H,21,23)/t13-/m0/s1. The molecule has 0 saturated heterocycles. The minimum atomic E-state index is -0.899. The van der Waals surface area contributed by atoms with E-state index in [2.05, 4.69) is 5.32 Å². The van der Waals surface area contributed by atoms with Gasteiger partial charge in [0.1, 0.15) is 5.75 Å². The Labute approximate surface area is 151 Å². The molecule has 0 saturated carbocycles. The minimum absolute atomic E-state index is 0.162. The fourth-order valence-corrected chi connectivity index (χ4v) is 2.46. The number of ether oxygens (including phenoxy) is 2. The average molecular weight is 362 g/mol. The van der Waals surface area contributed by atoms with Gasteiger partial charge in [0.25, 0.3) is 5.91 Å². The first-order valence-corrected chi connectivity index (χ1v) is 8.25. The van der Waals surface area contributed by atoms with Gasteiger partial charge < -0.3 is 14.8 Å². The Morgan fingerprint density at radius 3 is 2.64 bits per heavy atom. The van der Waals surface area contributed by atoms with Gasteiger partial charge in [-0.25, -0.2) is 0 Å². The fraction of sp³-hybridized carbons (Fsp3) is 0.263. The van der Waals surface area contributed by atoms with Gasteiger partial charge in [-0.05, 0) is 43.2 Å². The van der Waals surface area contributed by atoms with Crippen molar-refractivity contribution >= 4 is 29.2 Å². The maximum atomic E-state index is 12.1. The number of hydrogen-bond donors (Lipinski definition) is 1. The highest BCUT2D eigenvalue weighted by Gasteiger charge is 2.18. The third-order valence-corrected chi connectivity index (χ3v) is 3.80. The Balaban J connectivity index is 1.84. The summed E-state index contributed by atoms with van der Waals surface area (Å²) < 4.78 is 10.4. The van der Waals surface area contributed by atoms with Crippen molar-refractivity contribution in [3.05, 3.63) is 59.1 Å². The normalized spacial score (nSPS) is 11.5.